The molecule has 1 aliphatic heterocycles. The highest BCUT2D eigenvalue weighted by Gasteiger charge is 2.64. The summed E-state index contributed by atoms with van der Waals surface area (Å²) >= 11 is 0. The summed E-state index contributed by atoms with van der Waals surface area (Å²) in [5, 5.41) is 11.6. The molecule has 5 heteroatoms. The lowest BCUT2D eigenvalue weighted by Gasteiger charge is -2.38. The van der Waals surface area contributed by atoms with E-state index >= 15 is 0 Å². The molecule has 1 saturated carbocycles. The molecule has 2 N–H and O–H groups in total. The maximum atomic E-state index is 11.9. The number of nitrogens with zero attached hydrogens (tertiary/aromatic N) is 1. The van der Waals surface area contributed by atoms with Crippen LogP contribution < -0.4 is 5.32 Å². The average molecular weight is 268 g/mol. The van der Waals surface area contributed by atoms with Crippen LogP contribution >= 0.6 is 0 Å². The van der Waals surface area contributed by atoms with E-state index in [1.54, 1.807) is 4.90 Å². The summed E-state index contributed by atoms with van der Waals surface area (Å²) in [5.74, 6) is -0.149. The monoisotopic (exact) mass is 268 g/mol. The van der Waals surface area contributed by atoms with E-state index in [0.29, 0.717) is 25.6 Å². The fraction of sp³-hybridized carbons (Fsp3) is 0.857. The van der Waals surface area contributed by atoms with Crippen molar-refractivity contribution in [3.05, 3.63) is 0 Å². The summed E-state index contributed by atoms with van der Waals surface area (Å²) in [4.78, 5) is 24.1. The molecule has 2 rings (SSSR count). The van der Waals surface area contributed by atoms with Gasteiger partial charge in [0.25, 0.3) is 0 Å². The van der Waals surface area contributed by atoms with Gasteiger partial charge in [-0.2, -0.15) is 0 Å². The number of carbonyl (C=O) groups is 2. The fourth-order valence-electron chi connectivity index (χ4n) is 3.26. The van der Waals surface area contributed by atoms with Gasteiger partial charge in [-0.3, -0.25) is 4.79 Å². The van der Waals surface area contributed by atoms with Gasteiger partial charge in [0.15, 0.2) is 0 Å². The zero-order valence-electron chi connectivity index (χ0n) is 12.2. The van der Waals surface area contributed by atoms with E-state index < -0.39 is 5.97 Å². The molecule has 0 bridgehead atoms. The van der Waals surface area contributed by atoms with Gasteiger partial charge < -0.3 is 15.3 Å². The van der Waals surface area contributed by atoms with E-state index in [9.17, 15) is 9.59 Å². The second-order valence-electron chi connectivity index (χ2n) is 7.05. The van der Waals surface area contributed by atoms with E-state index in [0.717, 1.165) is 0 Å². The first-order valence-corrected chi connectivity index (χ1v) is 6.91. The van der Waals surface area contributed by atoms with Crippen LogP contribution in [-0.4, -0.2) is 41.6 Å². The molecule has 2 aliphatic rings. The second kappa shape index (κ2) is 4.39. The molecule has 0 aromatic rings. The predicted octanol–water partition coefficient (Wildman–Crippen LogP) is 1.78. The highest BCUT2D eigenvalue weighted by atomic mass is 16.4. The zero-order valence-corrected chi connectivity index (χ0v) is 12.2. The van der Waals surface area contributed by atoms with Crippen LogP contribution in [0.5, 0.6) is 0 Å². The lowest BCUT2D eigenvalue weighted by Crippen LogP contribution is -2.54. The SMILES string of the molecule is CC1(C)C(CNC(=O)N2CC(CC(=O)O)C2)C1(C)C. The largest absolute Gasteiger partial charge is 0.481 e. The van der Waals surface area contributed by atoms with Gasteiger partial charge in [0.05, 0.1) is 6.42 Å². The van der Waals surface area contributed by atoms with Gasteiger partial charge in [-0.1, -0.05) is 27.7 Å². The van der Waals surface area contributed by atoms with Crippen LogP contribution in [0.3, 0.4) is 0 Å². The van der Waals surface area contributed by atoms with Crippen molar-refractivity contribution < 1.29 is 14.7 Å². The number of nitrogens with one attached hydrogen (secondary N) is 1. The van der Waals surface area contributed by atoms with Crippen molar-refractivity contribution >= 4 is 12.0 Å². The smallest absolute Gasteiger partial charge is 0.317 e. The molecule has 0 spiro atoms. The Bertz CT molecular complexity index is 383. The van der Waals surface area contributed by atoms with Gasteiger partial charge in [-0.15, -0.1) is 0 Å². The Morgan fingerprint density at radius 1 is 1.21 bits per heavy atom. The van der Waals surface area contributed by atoms with Crippen LogP contribution in [0.4, 0.5) is 4.79 Å². The molecule has 0 aromatic heterocycles. The van der Waals surface area contributed by atoms with Crippen LogP contribution in [0.2, 0.25) is 0 Å². The van der Waals surface area contributed by atoms with Crippen molar-refractivity contribution in [2.24, 2.45) is 22.7 Å². The third kappa shape index (κ3) is 2.42. The minimum atomic E-state index is -0.786. The summed E-state index contributed by atoms with van der Waals surface area (Å²) in [6.45, 7) is 10.8. The van der Waals surface area contributed by atoms with Gasteiger partial charge in [0.1, 0.15) is 0 Å². The van der Waals surface area contributed by atoms with Crippen molar-refractivity contribution in [1.29, 1.82) is 0 Å². The molecule has 0 atom stereocenters. The first-order valence-electron chi connectivity index (χ1n) is 6.91. The number of hydrogen-bond donors (Lipinski definition) is 2. The average Bonchev–Trinajstić information content (AvgIpc) is 2.59. The van der Waals surface area contributed by atoms with Crippen LogP contribution in [0, 0.1) is 22.7 Å². The fourth-order valence-corrected chi connectivity index (χ4v) is 3.26. The number of rotatable bonds is 4. The Hall–Kier alpha value is -1.26. The molecule has 2 fully saturated rings. The summed E-state index contributed by atoms with van der Waals surface area (Å²) in [6, 6.07) is -0.0554. The quantitative estimate of drug-likeness (QED) is 0.816. The Balaban J connectivity index is 1.69. The summed E-state index contributed by atoms with van der Waals surface area (Å²) in [7, 11) is 0. The van der Waals surface area contributed by atoms with Crippen LogP contribution in [0.1, 0.15) is 34.1 Å². The highest BCUT2D eigenvalue weighted by Crippen LogP contribution is 2.67. The number of aliphatic carboxylic acids is 1. The number of carboxylic acid groups (broad SMARTS) is 1. The molecule has 1 saturated heterocycles. The molecule has 19 heavy (non-hydrogen) atoms. The third-order valence-corrected chi connectivity index (χ3v) is 5.48. The Labute approximate surface area is 114 Å². The summed E-state index contributed by atoms with van der Waals surface area (Å²) in [6.07, 6.45) is 0.159. The molecule has 0 aromatic carbocycles. The molecule has 5 nitrogen and oxygen atoms in total. The standard InChI is InChI=1S/C14H24N2O3/c1-13(2)10(14(13,3)4)6-15-12(19)16-7-9(8-16)5-11(17)18/h9-10H,5-8H2,1-4H3,(H,15,19)(H,17,18). The van der Waals surface area contributed by atoms with E-state index in [-0.39, 0.29) is 29.2 Å². The topological polar surface area (TPSA) is 69.6 Å². The normalized spacial score (nSPS) is 24.7. The molecule has 1 heterocycles. The number of amides is 2. The number of urea groups is 1. The van der Waals surface area contributed by atoms with Crippen LogP contribution in [-0.2, 0) is 4.79 Å². The molecular weight excluding hydrogens is 244 g/mol. The number of likely N-dealkylation sites (tertiary alicyclic amines) is 1. The van der Waals surface area contributed by atoms with Crippen molar-refractivity contribution in [2.45, 2.75) is 34.1 Å². The number of carboxylic acids is 1. The van der Waals surface area contributed by atoms with E-state index in [4.69, 9.17) is 5.11 Å². The van der Waals surface area contributed by atoms with Crippen LogP contribution in [0.25, 0.3) is 0 Å². The predicted molar refractivity (Wildman–Crippen MR) is 71.8 cm³/mol. The van der Waals surface area contributed by atoms with Crippen LogP contribution in [0.15, 0.2) is 0 Å². The minimum Gasteiger partial charge on any atom is -0.481 e. The van der Waals surface area contributed by atoms with E-state index in [1.807, 2.05) is 0 Å². The second-order valence-corrected chi connectivity index (χ2v) is 7.05. The van der Waals surface area contributed by atoms with Crippen molar-refractivity contribution in [1.82, 2.24) is 10.2 Å². The van der Waals surface area contributed by atoms with Crippen molar-refractivity contribution in [3.63, 3.8) is 0 Å². The van der Waals surface area contributed by atoms with Gasteiger partial charge >= 0.3 is 12.0 Å². The third-order valence-electron chi connectivity index (χ3n) is 5.48. The lowest BCUT2D eigenvalue weighted by atomic mass is 9.97. The maximum Gasteiger partial charge on any atom is 0.317 e. The van der Waals surface area contributed by atoms with Crippen molar-refractivity contribution in [3.8, 4) is 0 Å². The molecule has 0 radical (unpaired) electrons. The van der Waals surface area contributed by atoms with E-state index in [1.165, 1.54) is 0 Å². The zero-order chi connectivity index (χ0) is 14.4. The summed E-state index contributed by atoms with van der Waals surface area (Å²) < 4.78 is 0. The van der Waals surface area contributed by atoms with Gasteiger partial charge in [-0.25, -0.2) is 4.79 Å². The van der Waals surface area contributed by atoms with Gasteiger partial charge in [0, 0.05) is 25.6 Å². The van der Waals surface area contributed by atoms with E-state index in [2.05, 4.69) is 33.0 Å². The highest BCUT2D eigenvalue weighted by molar-refractivity contribution is 5.75. The minimum absolute atomic E-state index is 0.0554. The molecule has 1 aliphatic carbocycles. The Morgan fingerprint density at radius 2 is 1.74 bits per heavy atom. The molecule has 2 amide bonds. The maximum absolute atomic E-state index is 11.9. The van der Waals surface area contributed by atoms with Gasteiger partial charge in [0.2, 0.25) is 0 Å². The molecule has 0 unspecified atom stereocenters. The first kappa shape index (κ1) is 14.2. The first-order chi connectivity index (χ1) is 8.66. The summed E-state index contributed by atoms with van der Waals surface area (Å²) in [5.41, 5.74) is 0.558. The van der Waals surface area contributed by atoms with Crippen molar-refractivity contribution in [2.75, 3.05) is 19.6 Å². The Kier molecular flexibility index (Phi) is 3.27. The lowest BCUT2D eigenvalue weighted by molar-refractivity contribution is -0.139. The number of hydrogen-bond acceptors (Lipinski definition) is 2. The molecule has 108 valence electrons. The Morgan fingerprint density at radius 3 is 2.16 bits per heavy atom. The van der Waals surface area contributed by atoms with Gasteiger partial charge in [-0.05, 0) is 16.7 Å². The molecular formula is C14H24N2O3. The number of carbonyl (C=O) groups excluding carboxylic acids is 1.